The standard InChI is InChI=1S/C14H21N3/c1-4-6-12(3)17-10-15-9-14(17)13-8-5-7-11(2)16-13/h1,9-13,16H,5-8H2,2-3H3. The maximum absolute atomic E-state index is 5.39. The minimum atomic E-state index is 0.330. The zero-order valence-electron chi connectivity index (χ0n) is 10.7. The molecule has 3 nitrogen and oxygen atoms in total. The smallest absolute Gasteiger partial charge is 0.0951 e. The van der Waals surface area contributed by atoms with Crippen LogP contribution in [0.15, 0.2) is 12.5 Å². The quantitative estimate of drug-likeness (QED) is 0.811. The van der Waals surface area contributed by atoms with Crippen LogP contribution in [-0.2, 0) is 0 Å². The Morgan fingerprint density at radius 2 is 2.47 bits per heavy atom. The fraction of sp³-hybridized carbons (Fsp3) is 0.643. The number of terminal acetylenes is 1. The van der Waals surface area contributed by atoms with Crippen molar-refractivity contribution >= 4 is 0 Å². The first-order valence-electron chi connectivity index (χ1n) is 6.43. The predicted molar refractivity (Wildman–Crippen MR) is 69.6 cm³/mol. The fourth-order valence-corrected chi connectivity index (χ4v) is 2.59. The van der Waals surface area contributed by atoms with Gasteiger partial charge in [-0.25, -0.2) is 4.98 Å². The Hall–Kier alpha value is -1.27. The molecule has 0 spiro atoms. The lowest BCUT2D eigenvalue weighted by Gasteiger charge is -2.30. The molecule has 3 unspecified atom stereocenters. The number of hydrogen-bond acceptors (Lipinski definition) is 2. The number of hydrogen-bond donors (Lipinski definition) is 1. The van der Waals surface area contributed by atoms with E-state index in [-0.39, 0.29) is 0 Å². The van der Waals surface area contributed by atoms with E-state index >= 15 is 0 Å². The van der Waals surface area contributed by atoms with E-state index in [0.717, 1.165) is 6.42 Å². The normalized spacial score (nSPS) is 26.4. The Morgan fingerprint density at radius 3 is 3.18 bits per heavy atom. The summed E-state index contributed by atoms with van der Waals surface area (Å²) in [6.07, 6.45) is 13.8. The average molecular weight is 231 g/mol. The van der Waals surface area contributed by atoms with Crippen molar-refractivity contribution in [1.82, 2.24) is 14.9 Å². The lowest BCUT2D eigenvalue weighted by Crippen LogP contribution is -2.35. The third-order valence-corrected chi connectivity index (χ3v) is 3.56. The number of nitrogens with zero attached hydrogens (tertiary/aromatic N) is 2. The molecule has 3 atom stereocenters. The van der Waals surface area contributed by atoms with Crippen LogP contribution in [0, 0.1) is 12.3 Å². The summed E-state index contributed by atoms with van der Waals surface area (Å²) in [5.41, 5.74) is 1.28. The van der Waals surface area contributed by atoms with E-state index in [2.05, 4.69) is 34.6 Å². The van der Waals surface area contributed by atoms with E-state index in [4.69, 9.17) is 6.42 Å². The second kappa shape index (κ2) is 5.37. The molecule has 2 rings (SSSR count). The van der Waals surface area contributed by atoms with Crippen molar-refractivity contribution < 1.29 is 0 Å². The van der Waals surface area contributed by atoms with Gasteiger partial charge in [0.25, 0.3) is 0 Å². The van der Waals surface area contributed by atoms with E-state index in [9.17, 15) is 0 Å². The SMILES string of the molecule is C#CCC(C)n1cncc1C1CCCC(C)N1. The fourth-order valence-electron chi connectivity index (χ4n) is 2.59. The van der Waals surface area contributed by atoms with Crippen LogP contribution in [0.3, 0.4) is 0 Å². The summed E-state index contributed by atoms with van der Waals surface area (Å²) < 4.78 is 2.22. The van der Waals surface area contributed by atoms with Crippen molar-refractivity contribution in [3.05, 3.63) is 18.2 Å². The third kappa shape index (κ3) is 2.70. The molecule has 1 aliphatic rings. The first kappa shape index (κ1) is 12.2. The van der Waals surface area contributed by atoms with Gasteiger partial charge in [0.05, 0.1) is 12.0 Å². The molecule has 0 amide bonds. The molecule has 0 radical (unpaired) electrons. The molecule has 1 aromatic heterocycles. The molecule has 0 aliphatic carbocycles. The topological polar surface area (TPSA) is 29.9 Å². The van der Waals surface area contributed by atoms with Crippen LogP contribution < -0.4 is 5.32 Å². The summed E-state index contributed by atoms with van der Waals surface area (Å²) in [4.78, 5) is 4.28. The van der Waals surface area contributed by atoms with Crippen molar-refractivity contribution in [2.75, 3.05) is 0 Å². The molecule has 1 fully saturated rings. The lowest BCUT2D eigenvalue weighted by molar-refractivity contribution is 0.324. The highest BCUT2D eigenvalue weighted by molar-refractivity contribution is 5.09. The Bertz CT molecular complexity index is 402. The van der Waals surface area contributed by atoms with Gasteiger partial charge in [0, 0.05) is 30.7 Å². The maximum Gasteiger partial charge on any atom is 0.0951 e. The van der Waals surface area contributed by atoms with E-state index in [1.807, 2.05) is 12.5 Å². The first-order valence-corrected chi connectivity index (χ1v) is 6.43. The molecule has 92 valence electrons. The van der Waals surface area contributed by atoms with Crippen molar-refractivity contribution in [1.29, 1.82) is 0 Å². The van der Waals surface area contributed by atoms with Gasteiger partial charge < -0.3 is 9.88 Å². The Labute approximate surface area is 104 Å². The van der Waals surface area contributed by atoms with Gasteiger partial charge in [0.15, 0.2) is 0 Å². The number of imidazole rings is 1. The van der Waals surface area contributed by atoms with Gasteiger partial charge in [0.1, 0.15) is 0 Å². The number of nitrogens with one attached hydrogen (secondary N) is 1. The maximum atomic E-state index is 5.39. The highest BCUT2D eigenvalue weighted by atomic mass is 15.1. The summed E-state index contributed by atoms with van der Waals surface area (Å²) >= 11 is 0. The third-order valence-electron chi connectivity index (χ3n) is 3.56. The number of aromatic nitrogens is 2. The Kier molecular flexibility index (Phi) is 3.86. The minimum Gasteiger partial charge on any atom is -0.329 e. The van der Waals surface area contributed by atoms with Crippen LogP contribution in [0.2, 0.25) is 0 Å². The van der Waals surface area contributed by atoms with E-state index in [1.165, 1.54) is 25.0 Å². The summed E-state index contributed by atoms with van der Waals surface area (Å²) in [5.74, 6) is 2.73. The summed E-state index contributed by atoms with van der Waals surface area (Å²) in [5, 5.41) is 3.64. The summed E-state index contributed by atoms with van der Waals surface area (Å²) in [6.45, 7) is 4.40. The molecular formula is C14H21N3. The summed E-state index contributed by atoms with van der Waals surface area (Å²) in [7, 11) is 0. The van der Waals surface area contributed by atoms with Crippen molar-refractivity contribution in [3.63, 3.8) is 0 Å². The molecule has 0 aromatic carbocycles. The molecule has 0 bridgehead atoms. The van der Waals surface area contributed by atoms with Crippen molar-refractivity contribution in [2.45, 2.75) is 57.7 Å². The van der Waals surface area contributed by atoms with E-state index in [0.29, 0.717) is 18.1 Å². The van der Waals surface area contributed by atoms with Crippen LogP contribution in [0.5, 0.6) is 0 Å². The zero-order valence-corrected chi connectivity index (χ0v) is 10.7. The van der Waals surface area contributed by atoms with Crippen LogP contribution in [0.4, 0.5) is 0 Å². The van der Waals surface area contributed by atoms with E-state index in [1.54, 1.807) is 0 Å². The summed E-state index contributed by atoms with van der Waals surface area (Å²) in [6, 6.07) is 1.36. The van der Waals surface area contributed by atoms with Gasteiger partial charge >= 0.3 is 0 Å². The Morgan fingerprint density at radius 1 is 1.65 bits per heavy atom. The van der Waals surface area contributed by atoms with Gasteiger partial charge in [-0.15, -0.1) is 12.3 Å². The lowest BCUT2D eigenvalue weighted by atomic mass is 9.97. The Balaban J connectivity index is 2.15. The first-order chi connectivity index (χ1) is 8.22. The number of piperidine rings is 1. The minimum absolute atomic E-state index is 0.330. The van der Waals surface area contributed by atoms with Crippen LogP contribution in [0.1, 0.15) is 57.3 Å². The van der Waals surface area contributed by atoms with Crippen molar-refractivity contribution in [3.8, 4) is 12.3 Å². The second-order valence-electron chi connectivity index (χ2n) is 5.03. The average Bonchev–Trinajstić information content (AvgIpc) is 2.78. The molecule has 3 heteroatoms. The van der Waals surface area contributed by atoms with Gasteiger partial charge in [-0.3, -0.25) is 0 Å². The van der Waals surface area contributed by atoms with Crippen LogP contribution >= 0.6 is 0 Å². The second-order valence-corrected chi connectivity index (χ2v) is 5.03. The van der Waals surface area contributed by atoms with Gasteiger partial charge in [-0.1, -0.05) is 0 Å². The molecule has 1 N–H and O–H groups in total. The molecule has 1 aromatic rings. The molecule has 0 saturated carbocycles. The van der Waals surface area contributed by atoms with Gasteiger partial charge in [0.2, 0.25) is 0 Å². The highest BCUT2D eigenvalue weighted by Crippen LogP contribution is 2.27. The molecule has 1 saturated heterocycles. The molecule has 17 heavy (non-hydrogen) atoms. The molecular weight excluding hydrogens is 210 g/mol. The van der Waals surface area contributed by atoms with E-state index < -0.39 is 0 Å². The largest absolute Gasteiger partial charge is 0.329 e. The molecule has 1 aliphatic heterocycles. The predicted octanol–water partition coefficient (Wildman–Crippen LogP) is 2.67. The van der Waals surface area contributed by atoms with Crippen LogP contribution in [-0.4, -0.2) is 15.6 Å². The highest BCUT2D eigenvalue weighted by Gasteiger charge is 2.23. The van der Waals surface area contributed by atoms with Gasteiger partial charge in [-0.05, 0) is 33.1 Å². The van der Waals surface area contributed by atoms with Gasteiger partial charge in [-0.2, -0.15) is 0 Å². The number of rotatable bonds is 3. The molecule has 2 heterocycles. The van der Waals surface area contributed by atoms with Crippen molar-refractivity contribution in [2.24, 2.45) is 0 Å². The monoisotopic (exact) mass is 231 g/mol. The van der Waals surface area contributed by atoms with Crippen LogP contribution in [0.25, 0.3) is 0 Å². The zero-order chi connectivity index (χ0) is 12.3.